The van der Waals surface area contributed by atoms with Crippen molar-refractivity contribution in [2.24, 2.45) is 0 Å². The van der Waals surface area contributed by atoms with Crippen molar-refractivity contribution in [3.05, 3.63) is 60.4 Å². The number of anilines is 3. The average molecular weight is 557 g/mol. The summed E-state index contributed by atoms with van der Waals surface area (Å²) in [4.78, 5) is 19.5. The molecule has 4 N–H and O–H groups in total. The summed E-state index contributed by atoms with van der Waals surface area (Å²) in [5.41, 5.74) is 12.0. The number of nitrogen functional groups attached to an aromatic ring is 1. The number of nitrogens with zero attached hydrogens (tertiary/aromatic N) is 6. The Morgan fingerprint density at radius 1 is 0.951 bits per heavy atom. The fraction of sp³-hybridized carbons (Fsp3) is 0.452. The number of hydrogen-bond donors (Lipinski definition) is 3. The second-order valence-electron chi connectivity index (χ2n) is 10.9. The minimum absolute atomic E-state index is 0.0650. The number of aliphatic hydroxyl groups excluding tert-OH is 1. The fourth-order valence-electron chi connectivity index (χ4n) is 5.90. The van der Waals surface area contributed by atoms with Gasteiger partial charge >= 0.3 is 0 Å². The molecule has 3 heterocycles. The summed E-state index contributed by atoms with van der Waals surface area (Å²) in [6.45, 7) is 6.15. The zero-order valence-electron chi connectivity index (χ0n) is 23.6. The first kappa shape index (κ1) is 27.4. The first-order valence-electron chi connectivity index (χ1n) is 14.8. The number of fused-ring (bicyclic) bond motifs is 1. The molecular weight excluding hydrogens is 516 g/mol. The van der Waals surface area contributed by atoms with Gasteiger partial charge in [-0.15, -0.1) is 0 Å². The number of imidazole rings is 1. The lowest BCUT2D eigenvalue weighted by atomic mass is 10.0. The monoisotopic (exact) mass is 556 g/mol. The van der Waals surface area contributed by atoms with Gasteiger partial charge in [0.05, 0.1) is 26.1 Å². The maximum Gasteiger partial charge on any atom is 0.229 e. The third kappa shape index (κ3) is 6.29. The van der Waals surface area contributed by atoms with E-state index in [0.29, 0.717) is 25.8 Å². The minimum atomic E-state index is 0.0650. The van der Waals surface area contributed by atoms with Crippen LogP contribution in [0.1, 0.15) is 37.3 Å². The SMILES string of the molecule is Nc1ccccc1-c1ccc(CNc2nc(N3CCN(CCOCCO)CC3)nc3c2ncn3C2CCCC2)cc1. The summed E-state index contributed by atoms with van der Waals surface area (Å²) in [6.07, 6.45) is 6.80. The van der Waals surface area contributed by atoms with E-state index in [4.69, 9.17) is 30.5 Å². The highest BCUT2D eigenvalue weighted by Gasteiger charge is 2.25. The van der Waals surface area contributed by atoms with Crippen LogP contribution in [0.25, 0.3) is 22.3 Å². The molecule has 2 aliphatic rings. The molecule has 1 saturated heterocycles. The number of ether oxygens (including phenoxy) is 1. The summed E-state index contributed by atoms with van der Waals surface area (Å²) in [6, 6.07) is 16.9. The van der Waals surface area contributed by atoms with E-state index in [-0.39, 0.29) is 6.61 Å². The standard InChI is InChI=1S/C31H40N8O2/c32-27-8-4-3-7-26(27)24-11-9-23(10-12-24)21-33-29-28-30(39(22-34-28)25-5-1-2-6-25)36-31(35-29)38-15-13-37(14-16-38)17-19-41-20-18-40/h3-4,7-12,22,25,40H,1-2,5-6,13-21,32H2,(H,33,35,36). The third-order valence-corrected chi connectivity index (χ3v) is 8.26. The number of aliphatic hydroxyl groups is 1. The molecule has 2 fully saturated rings. The van der Waals surface area contributed by atoms with E-state index in [0.717, 1.165) is 78.0 Å². The van der Waals surface area contributed by atoms with E-state index in [1.807, 2.05) is 30.6 Å². The summed E-state index contributed by atoms with van der Waals surface area (Å²) in [5.74, 6) is 1.53. The van der Waals surface area contributed by atoms with Crippen molar-refractivity contribution >= 4 is 28.6 Å². The minimum Gasteiger partial charge on any atom is -0.398 e. The first-order valence-corrected chi connectivity index (χ1v) is 14.8. The summed E-state index contributed by atoms with van der Waals surface area (Å²) >= 11 is 0. The number of piperazine rings is 1. The molecule has 0 atom stereocenters. The molecule has 2 aromatic carbocycles. The van der Waals surface area contributed by atoms with Crippen LogP contribution in [0.4, 0.5) is 17.5 Å². The second kappa shape index (κ2) is 12.8. The van der Waals surface area contributed by atoms with Crippen LogP contribution in [0, 0.1) is 0 Å². The molecule has 1 saturated carbocycles. The van der Waals surface area contributed by atoms with Crippen molar-refractivity contribution in [2.45, 2.75) is 38.3 Å². The van der Waals surface area contributed by atoms with Gasteiger partial charge in [-0.1, -0.05) is 55.3 Å². The highest BCUT2D eigenvalue weighted by Crippen LogP contribution is 2.34. The Morgan fingerprint density at radius 3 is 2.49 bits per heavy atom. The maximum absolute atomic E-state index is 8.93. The number of benzene rings is 2. The van der Waals surface area contributed by atoms with Crippen molar-refractivity contribution in [3.63, 3.8) is 0 Å². The van der Waals surface area contributed by atoms with E-state index in [1.54, 1.807) is 0 Å². The average Bonchev–Trinajstić information content (AvgIpc) is 3.69. The van der Waals surface area contributed by atoms with Crippen LogP contribution < -0.4 is 16.0 Å². The van der Waals surface area contributed by atoms with Crippen molar-refractivity contribution in [2.75, 3.05) is 68.5 Å². The normalized spacial score (nSPS) is 16.6. The van der Waals surface area contributed by atoms with Gasteiger partial charge in [-0.05, 0) is 30.0 Å². The van der Waals surface area contributed by atoms with Gasteiger partial charge in [-0.2, -0.15) is 9.97 Å². The zero-order chi connectivity index (χ0) is 28.0. The van der Waals surface area contributed by atoms with Gasteiger partial charge in [0.15, 0.2) is 17.0 Å². The summed E-state index contributed by atoms with van der Waals surface area (Å²) in [5, 5.41) is 12.5. The third-order valence-electron chi connectivity index (χ3n) is 8.26. The number of nitrogens with one attached hydrogen (secondary N) is 1. The Bertz CT molecular complexity index is 1430. The quantitative estimate of drug-likeness (QED) is 0.187. The van der Waals surface area contributed by atoms with Crippen LogP contribution in [0.15, 0.2) is 54.9 Å². The van der Waals surface area contributed by atoms with Crippen LogP contribution in [0.3, 0.4) is 0 Å². The van der Waals surface area contributed by atoms with E-state index in [2.05, 4.69) is 43.9 Å². The number of para-hydroxylation sites is 1. The van der Waals surface area contributed by atoms with Crippen molar-refractivity contribution in [1.29, 1.82) is 0 Å². The zero-order valence-corrected chi connectivity index (χ0v) is 23.6. The molecule has 2 aromatic heterocycles. The van der Waals surface area contributed by atoms with Gasteiger partial charge in [-0.3, -0.25) is 4.90 Å². The van der Waals surface area contributed by atoms with Crippen molar-refractivity contribution in [3.8, 4) is 11.1 Å². The summed E-state index contributed by atoms with van der Waals surface area (Å²) in [7, 11) is 0. The molecule has 216 valence electrons. The van der Waals surface area contributed by atoms with Crippen molar-refractivity contribution in [1.82, 2.24) is 24.4 Å². The number of nitrogens with two attached hydrogens (primary N) is 1. The lowest BCUT2D eigenvalue weighted by molar-refractivity contribution is 0.0724. The van der Waals surface area contributed by atoms with Crippen LogP contribution in [0.5, 0.6) is 0 Å². The molecule has 0 radical (unpaired) electrons. The molecule has 0 unspecified atom stereocenters. The van der Waals surface area contributed by atoms with E-state index in [1.165, 1.54) is 25.7 Å². The Hall–Kier alpha value is -3.73. The lowest BCUT2D eigenvalue weighted by Crippen LogP contribution is -2.48. The van der Waals surface area contributed by atoms with Crippen LogP contribution in [-0.4, -0.2) is 82.1 Å². The smallest absolute Gasteiger partial charge is 0.229 e. The molecular formula is C31H40N8O2. The lowest BCUT2D eigenvalue weighted by Gasteiger charge is -2.34. The number of hydrogen-bond acceptors (Lipinski definition) is 9. The Kier molecular flexibility index (Phi) is 8.60. The van der Waals surface area contributed by atoms with Crippen molar-refractivity contribution < 1.29 is 9.84 Å². The Morgan fingerprint density at radius 2 is 1.73 bits per heavy atom. The Balaban J connectivity index is 1.20. The molecule has 0 bridgehead atoms. The van der Waals surface area contributed by atoms with Crippen LogP contribution in [0.2, 0.25) is 0 Å². The molecule has 4 aromatic rings. The predicted octanol–water partition coefficient (Wildman–Crippen LogP) is 3.93. The second-order valence-corrected chi connectivity index (χ2v) is 10.9. The molecule has 10 heteroatoms. The molecule has 41 heavy (non-hydrogen) atoms. The van der Waals surface area contributed by atoms with Crippen LogP contribution >= 0.6 is 0 Å². The highest BCUT2D eigenvalue weighted by atomic mass is 16.5. The molecule has 6 rings (SSSR count). The topological polar surface area (TPSA) is 118 Å². The highest BCUT2D eigenvalue weighted by molar-refractivity contribution is 5.84. The van der Waals surface area contributed by atoms with E-state index in [9.17, 15) is 0 Å². The van der Waals surface area contributed by atoms with Gasteiger partial charge in [0.25, 0.3) is 0 Å². The van der Waals surface area contributed by atoms with E-state index < -0.39 is 0 Å². The summed E-state index contributed by atoms with van der Waals surface area (Å²) < 4.78 is 7.73. The van der Waals surface area contributed by atoms with Gasteiger partial charge in [0.1, 0.15) is 0 Å². The number of aromatic nitrogens is 4. The predicted molar refractivity (Wildman–Crippen MR) is 163 cm³/mol. The van der Waals surface area contributed by atoms with Crippen LogP contribution in [-0.2, 0) is 11.3 Å². The molecule has 1 aliphatic heterocycles. The van der Waals surface area contributed by atoms with Gasteiger partial charge < -0.3 is 30.4 Å². The fourth-order valence-corrected chi connectivity index (χ4v) is 5.90. The van der Waals surface area contributed by atoms with Gasteiger partial charge in [0, 0.05) is 56.6 Å². The maximum atomic E-state index is 8.93. The molecule has 0 spiro atoms. The first-order chi connectivity index (χ1) is 20.2. The molecule has 0 amide bonds. The largest absolute Gasteiger partial charge is 0.398 e. The van der Waals surface area contributed by atoms with E-state index >= 15 is 0 Å². The number of rotatable bonds is 11. The Labute approximate surface area is 241 Å². The van der Waals surface area contributed by atoms with Gasteiger partial charge in [0.2, 0.25) is 5.95 Å². The molecule has 10 nitrogen and oxygen atoms in total. The molecule has 1 aliphatic carbocycles. The van der Waals surface area contributed by atoms with Gasteiger partial charge in [-0.25, -0.2) is 4.98 Å².